The van der Waals surface area contributed by atoms with Gasteiger partial charge in [-0.1, -0.05) is 25.0 Å². The van der Waals surface area contributed by atoms with Gasteiger partial charge in [-0.2, -0.15) is 0 Å². The van der Waals surface area contributed by atoms with Crippen LogP contribution in [0, 0.1) is 0 Å². The highest BCUT2D eigenvalue weighted by molar-refractivity contribution is 5.97. The summed E-state index contributed by atoms with van der Waals surface area (Å²) in [5.41, 5.74) is 1.89. The molecule has 1 saturated carbocycles. The number of para-hydroxylation sites is 1. The van der Waals surface area contributed by atoms with Crippen molar-refractivity contribution in [2.45, 2.75) is 82.0 Å². The monoisotopic (exact) mass is 452 g/mol. The normalized spacial score (nSPS) is 28.9. The molecule has 0 spiro atoms. The van der Waals surface area contributed by atoms with E-state index in [0.29, 0.717) is 30.8 Å². The lowest BCUT2D eigenvalue weighted by Gasteiger charge is -2.44. The maximum absolute atomic E-state index is 13.2. The molecule has 1 N–H and O–H groups in total. The lowest BCUT2D eigenvalue weighted by atomic mass is 9.89. The molecule has 0 unspecified atom stereocenters. The lowest BCUT2D eigenvalue weighted by molar-refractivity contribution is 0.0470. The molecule has 7 nitrogen and oxygen atoms in total. The number of hydrogen-bond acceptors (Lipinski definition) is 4. The number of urea groups is 1. The summed E-state index contributed by atoms with van der Waals surface area (Å²) in [6, 6.07) is 7.85. The van der Waals surface area contributed by atoms with Crippen molar-refractivity contribution in [1.82, 2.24) is 20.0 Å². The van der Waals surface area contributed by atoms with E-state index >= 15 is 0 Å². The topological polar surface area (TPSA) is 65.1 Å². The fourth-order valence-corrected chi connectivity index (χ4v) is 6.95. The number of piperidine rings is 2. The summed E-state index contributed by atoms with van der Waals surface area (Å²) < 4.78 is 5.76. The molecule has 4 fully saturated rings. The van der Waals surface area contributed by atoms with Gasteiger partial charge >= 0.3 is 6.03 Å². The molecule has 0 aromatic heterocycles. The zero-order chi connectivity index (χ0) is 22.4. The van der Waals surface area contributed by atoms with Crippen molar-refractivity contribution in [2.75, 3.05) is 32.8 Å². The van der Waals surface area contributed by atoms with Crippen molar-refractivity contribution in [3.05, 3.63) is 29.3 Å². The smallest absolute Gasteiger partial charge is 0.318 e. The number of nitrogens with zero attached hydrogens (tertiary/aromatic N) is 3. The fourth-order valence-electron chi connectivity index (χ4n) is 6.95. The largest absolute Gasteiger partial charge is 0.492 e. The van der Waals surface area contributed by atoms with Gasteiger partial charge in [0.15, 0.2) is 0 Å². The van der Waals surface area contributed by atoms with E-state index in [-0.39, 0.29) is 11.9 Å². The van der Waals surface area contributed by atoms with Crippen LogP contribution in [0.4, 0.5) is 4.79 Å². The second kappa shape index (κ2) is 8.82. The maximum Gasteiger partial charge on any atom is 0.318 e. The first-order chi connectivity index (χ1) is 16.2. The van der Waals surface area contributed by atoms with Crippen LogP contribution in [0.3, 0.4) is 0 Å². The first-order valence-electron chi connectivity index (χ1n) is 13.1. The van der Waals surface area contributed by atoms with E-state index in [1.54, 1.807) is 0 Å². The molecule has 4 aliphatic heterocycles. The minimum Gasteiger partial charge on any atom is -0.492 e. The number of hydrogen-bond donors (Lipinski definition) is 1. The van der Waals surface area contributed by atoms with Gasteiger partial charge in [-0.15, -0.1) is 0 Å². The number of likely N-dealkylation sites (tertiary alicyclic amines) is 2. The zero-order valence-electron chi connectivity index (χ0n) is 19.5. The molecule has 0 radical (unpaired) electrons. The third-order valence-corrected chi connectivity index (χ3v) is 8.74. The minimum absolute atomic E-state index is 0.119. The number of fused-ring (bicyclic) bond motifs is 2. The molecule has 3 saturated heterocycles. The SMILES string of the molecule is O=C(c1cccc2c1OCC2)N1CCC(N2CCC(N3C(=O)N[C@H]4CCCC[C@@H]43)CC2)CC1. The van der Waals surface area contributed by atoms with Crippen LogP contribution in [-0.2, 0) is 6.42 Å². The average Bonchev–Trinajstić information content (AvgIpc) is 3.47. The maximum atomic E-state index is 13.2. The Morgan fingerprint density at radius 1 is 0.939 bits per heavy atom. The van der Waals surface area contributed by atoms with E-state index in [0.717, 1.165) is 88.0 Å². The molecule has 5 aliphatic rings. The highest BCUT2D eigenvalue weighted by Gasteiger charge is 2.44. The number of ether oxygens (including phenoxy) is 1. The molecule has 178 valence electrons. The third-order valence-electron chi connectivity index (χ3n) is 8.74. The molecule has 0 bridgehead atoms. The summed E-state index contributed by atoms with van der Waals surface area (Å²) in [5.74, 6) is 0.922. The Bertz CT molecular complexity index is 905. The van der Waals surface area contributed by atoms with Gasteiger partial charge in [0.2, 0.25) is 0 Å². The zero-order valence-corrected chi connectivity index (χ0v) is 19.5. The van der Waals surface area contributed by atoms with E-state index in [1.165, 1.54) is 12.8 Å². The predicted molar refractivity (Wildman–Crippen MR) is 126 cm³/mol. The van der Waals surface area contributed by atoms with Crippen molar-refractivity contribution in [3.63, 3.8) is 0 Å². The number of carbonyl (C=O) groups is 2. The van der Waals surface area contributed by atoms with Crippen molar-refractivity contribution in [2.24, 2.45) is 0 Å². The van der Waals surface area contributed by atoms with Crippen LogP contribution in [0.5, 0.6) is 5.75 Å². The highest BCUT2D eigenvalue weighted by Crippen LogP contribution is 2.34. The second-order valence-electron chi connectivity index (χ2n) is 10.5. The number of carbonyl (C=O) groups excluding carboxylic acids is 2. The average molecular weight is 453 g/mol. The number of nitrogens with one attached hydrogen (secondary N) is 1. The van der Waals surface area contributed by atoms with E-state index in [9.17, 15) is 9.59 Å². The minimum atomic E-state index is 0.119. The van der Waals surface area contributed by atoms with Gasteiger partial charge in [-0.25, -0.2) is 4.79 Å². The van der Waals surface area contributed by atoms with Crippen molar-refractivity contribution in [3.8, 4) is 5.75 Å². The fraction of sp³-hybridized carbons (Fsp3) is 0.692. The second-order valence-corrected chi connectivity index (χ2v) is 10.5. The van der Waals surface area contributed by atoms with Crippen molar-refractivity contribution < 1.29 is 14.3 Å². The Morgan fingerprint density at radius 3 is 2.52 bits per heavy atom. The van der Waals surface area contributed by atoms with E-state index in [4.69, 9.17) is 4.74 Å². The summed E-state index contributed by atoms with van der Waals surface area (Å²) >= 11 is 0. The molecule has 2 atom stereocenters. The quantitative estimate of drug-likeness (QED) is 0.766. The first kappa shape index (κ1) is 21.3. The van der Waals surface area contributed by atoms with Crippen LogP contribution < -0.4 is 10.1 Å². The summed E-state index contributed by atoms with van der Waals surface area (Å²) in [4.78, 5) is 32.7. The van der Waals surface area contributed by atoms with E-state index in [2.05, 4.69) is 21.2 Å². The number of rotatable bonds is 3. The molecular formula is C26H36N4O3. The van der Waals surface area contributed by atoms with Gasteiger partial charge < -0.3 is 24.8 Å². The van der Waals surface area contributed by atoms with Gasteiger partial charge in [-0.05, 0) is 50.2 Å². The first-order valence-corrected chi connectivity index (χ1v) is 13.1. The molecular weight excluding hydrogens is 416 g/mol. The Labute approximate surface area is 196 Å². The lowest BCUT2D eigenvalue weighted by Crippen LogP contribution is -2.53. The third kappa shape index (κ3) is 3.88. The van der Waals surface area contributed by atoms with Gasteiger partial charge in [0.25, 0.3) is 5.91 Å². The summed E-state index contributed by atoms with van der Waals surface area (Å²) in [6.07, 6.45) is 9.89. The van der Waals surface area contributed by atoms with Crippen LogP contribution in [0.15, 0.2) is 18.2 Å². The molecule has 3 amide bonds. The predicted octanol–water partition coefficient (Wildman–Crippen LogP) is 3.03. The number of amides is 3. The van der Waals surface area contributed by atoms with Crippen molar-refractivity contribution in [1.29, 1.82) is 0 Å². The Balaban J connectivity index is 1.02. The van der Waals surface area contributed by atoms with Gasteiger partial charge in [0.1, 0.15) is 5.75 Å². The molecule has 7 heteroatoms. The highest BCUT2D eigenvalue weighted by atomic mass is 16.5. The number of benzene rings is 1. The molecule has 1 aromatic carbocycles. The van der Waals surface area contributed by atoms with Gasteiger partial charge in [-0.3, -0.25) is 4.79 Å². The Morgan fingerprint density at radius 2 is 1.70 bits per heavy atom. The van der Waals surface area contributed by atoms with Crippen LogP contribution >= 0.6 is 0 Å². The summed E-state index contributed by atoms with van der Waals surface area (Å²) in [5, 5.41) is 3.25. The van der Waals surface area contributed by atoms with E-state index < -0.39 is 0 Å². The van der Waals surface area contributed by atoms with Gasteiger partial charge in [0, 0.05) is 44.7 Å². The van der Waals surface area contributed by atoms with Crippen LogP contribution in [0.25, 0.3) is 0 Å². The van der Waals surface area contributed by atoms with Crippen LogP contribution in [0.2, 0.25) is 0 Å². The van der Waals surface area contributed by atoms with Crippen LogP contribution in [-0.4, -0.2) is 83.6 Å². The molecule has 4 heterocycles. The summed E-state index contributed by atoms with van der Waals surface area (Å²) in [7, 11) is 0. The Kier molecular flexibility index (Phi) is 5.68. The molecule has 1 aliphatic carbocycles. The molecule has 6 rings (SSSR count). The standard InChI is InChI=1S/C26H36N4O3/c31-25(21-5-3-4-18-12-17-33-24(18)21)29-15-8-19(9-16-29)28-13-10-20(11-14-28)30-23-7-2-1-6-22(23)27-26(30)32/h3-5,19-20,22-23H,1-2,6-17H2,(H,27,32)/t22-,23-/m0/s1. The summed E-state index contributed by atoms with van der Waals surface area (Å²) in [6.45, 7) is 4.42. The van der Waals surface area contributed by atoms with Crippen LogP contribution in [0.1, 0.15) is 67.3 Å². The molecule has 1 aromatic rings. The van der Waals surface area contributed by atoms with Gasteiger partial charge in [0.05, 0.1) is 24.3 Å². The Hall–Kier alpha value is -2.28. The molecule has 33 heavy (non-hydrogen) atoms. The van der Waals surface area contributed by atoms with Crippen molar-refractivity contribution >= 4 is 11.9 Å². The van der Waals surface area contributed by atoms with E-state index in [1.807, 2.05) is 17.0 Å².